The van der Waals surface area contributed by atoms with E-state index in [1.807, 2.05) is 7.05 Å². The molecule has 0 aromatic carbocycles. The normalized spacial score (nSPS) is 22.2. The standard InChI is InChI=1S/C7H12N2/c1-9-7(5-6-8)3-2-4-7/h9H,2-5H2,1H3. The molecule has 0 spiro atoms. The van der Waals surface area contributed by atoms with E-state index in [2.05, 4.69) is 11.4 Å². The largest absolute Gasteiger partial charge is 0.313 e. The van der Waals surface area contributed by atoms with Gasteiger partial charge in [-0.1, -0.05) is 0 Å². The third-order valence-corrected chi connectivity index (χ3v) is 2.26. The molecule has 1 aliphatic carbocycles. The summed E-state index contributed by atoms with van der Waals surface area (Å²) in [5.41, 5.74) is 0.203. The monoisotopic (exact) mass is 124 g/mol. The maximum Gasteiger partial charge on any atom is 0.0641 e. The Morgan fingerprint density at radius 1 is 1.67 bits per heavy atom. The molecule has 0 radical (unpaired) electrons. The number of rotatable bonds is 2. The number of nitrogens with zero attached hydrogens (tertiary/aromatic N) is 1. The van der Waals surface area contributed by atoms with Crippen molar-refractivity contribution in [2.75, 3.05) is 7.05 Å². The zero-order chi connectivity index (χ0) is 6.74. The van der Waals surface area contributed by atoms with Gasteiger partial charge in [0.25, 0.3) is 0 Å². The first kappa shape index (κ1) is 6.57. The molecule has 0 amide bonds. The summed E-state index contributed by atoms with van der Waals surface area (Å²) < 4.78 is 0. The summed E-state index contributed by atoms with van der Waals surface area (Å²) in [4.78, 5) is 0. The molecule has 1 aliphatic rings. The second kappa shape index (κ2) is 2.36. The third kappa shape index (κ3) is 1.06. The molecule has 0 heterocycles. The molecule has 1 N–H and O–H groups in total. The van der Waals surface area contributed by atoms with Crippen molar-refractivity contribution in [3.63, 3.8) is 0 Å². The maximum atomic E-state index is 8.41. The summed E-state index contributed by atoms with van der Waals surface area (Å²) in [6.07, 6.45) is 4.31. The van der Waals surface area contributed by atoms with Crippen LogP contribution in [0.2, 0.25) is 0 Å². The Kier molecular flexibility index (Phi) is 1.73. The van der Waals surface area contributed by atoms with Gasteiger partial charge in [-0.05, 0) is 26.3 Å². The highest BCUT2D eigenvalue weighted by Crippen LogP contribution is 2.33. The molecule has 0 atom stereocenters. The second-order valence-electron chi connectivity index (χ2n) is 2.72. The van der Waals surface area contributed by atoms with Crippen LogP contribution in [0.5, 0.6) is 0 Å². The topological polar surface area (TPSA) is 35.8 Å². The second-order valence-corrected chi connectivity index (χ2v) is 2.72. The molecule has 2 heteroatoms. The predicted molar refractivity (Wildman–Crippen MR) is 35.9 cm³/mol. The fourth-order valence-electron chi connectivity index (χ4n) is 1.27. The molecule has 0 saturated heterocycles. The molecule has 0 bridgehead atoms. The summed E-state index contributed by atoms with van der Waals surface area (Å²) >= 11 is 0. The first-order valence-electron chi connectivity index (χ1n) is 3.39. The van der Waals surface area contributed by atoms with Gasteiger partial charge in [0.05, 0.1) is 12.5 Å². The van der Waals surface area contributed by atoms with Gasteiger partial charge < -0.3 is 5.32 Å². The van der Waals surface area contributed by atoms with E-state index in [4.69, 9.17) is 5.26 Å². The number of nitrogens with one attached hydrogen (secondary N) is 1. The minimum absolute atomic E-state index is 0.203. The van der Waals surface area contributed by atoms with E-state index in [1.54, 1.807) is 0 Å². The van der Waals surface area contributed by atoms with Crippen molar-refractivity contribution < 1.29 is 0 Å². The van der Waals surface area contributed by atoms with Gasteiger partial charge in [0, 0.05) is 5.54 Å². The quantitative estimate of drug-likeness (QED) is 0.597. The van der Waals surface area contributed by atoms with Gasteiger partial charge >= 0.3 is 0 Å². The Bertz CT molecular complexity index is 125. The highest BCUT2D eigenvalue weighted by Gasteiger charge is 2.34. The van der Waals surface area contributed by atoms with Crippen molar-refractivity contribution in [3.05, 3.63) is 0 Å². The highest BCUT2D eigenvalue weighted by atomic mass is 15.0. The van der Waals surface area contributed by atoms with Crippen molar-refractivity contribution in [1.29, 1.82) is 5.26 Å². The zero-order valence-corrected chi connectivity index (χ0v) is 5.78. The first-order chi connectivity index (χ1) is 4.33. The lowest BCUT2D eigenvalue weighted by atomic mass is 9.75. The fourth-order valence-corrected chi connectivity index (χ4v) is 1.27. The molecule has 1 saturated carbocycles. The molecular formula is C7H12N2. The van der Waals surface area contributed by atoms with Gasteiger partial charge in [0.1, 0.15) is 0 Å². The Morgan fingerprint density at radius 3 is 2.44 bits per heavy atom. The maximum absolute atomic E-state index is 8.41. The molecule has 50 valence electrons. The van der Waals surface area contributed by atoms with Crippen LogP contribution in [-0.4, -0.2) is 12.6 Å². The molecule has 0 aliphatic heterocycles. The van der Waals surface area contributed by atoms with Crippen LogP contribution in [0.4, 0.5) is 0 Å². The van der Waals surface area contributed by atoms with E-state index in [1.165, 1.54) is 19.3 Å². The molecule has 0 unspecified atom stereocenters. The van der Waals surface area contributed by atoms with Crippen LogP contribution >= 0.6 is 0 Å². The van der Waals surface area contributed by atoms with Crippen LogP contribution in [0.15, 0.2) is 0 Å². The average molecular weight is 124 g/mol. The zero-order valence-electron chi connectivity index (χ0n) is 5.78. The Morgan fingerprint density at radius 2 is 2.33 bits per heavy atom. The van der Waals surface area contributed by atoms with Crippen molar-refractivity contribution in [2.24, 2.45) is 0 Å². The minimum atomic E-state index is 0.203. The molecule has 0 aromatic rings. The Hall–Kier alpha value is -0.550. The molecular weight excluding hydrogens is 112 g/mol. The van der Waals surface area contributed by atoms with Crippen LogP contribution in [0.25, 0.3) is 0 Å². The number of nitriles is 1. The predicted octanol–water partition coefficient (Wildman–Crippen LogP) is 1.04. The van der Waals surface area contributed by atoms with Gasteiger partial charge in [0.2, 0.25) is 0 Å². The van der Waals surface area contributed by atoms with Gasteiger partial charge in [-0.3, -0.25) is 0 Å². The van der Waals surface area contributed by atoms with Gasteiger partial charge in [-0.25, -0.2) is 0 Å². The van der Waals surface area contributed by atoms with Crippen molar-refractivity contribution >= 4 is 0 Å². The molecule has 1 rings (SSSR count). The average Bonchev–Trinajstić information content (AvgIpc) is 1.79. The van der Waals surface area contributed by atoms with Gasteiger partial charge in [-0.2, -0.15) is 5.26 Å². The lowest BCUT2D eigenvalue weighted by Gasteiger charge is -2.39. The summed E-state index contributed by atoms with van der Waals surface area (Å²) in [6, 6.07) is 2.20. The third-order valence-electron chi connectivity index (χ3n) is 2.26. The van der Waals surface area contributed by atoms with Crippen LogP contribution in [0.1, 0.15) is 25.7 Å². The van der Waals surface area contributed by atoms with E-state index < -0.39 is 0 Å². The molecule has 1 fully saturated rings. The fraction of sp³-hybridized carbons (Fsp3) is 0.857. The molecule has 2 nitrogen and oxygen atoms in total. The van der Waals surface area contributed by atoms with Gasteiger partial charge in [-0.15, -0.1) is 0 Å². The SMILES string of the molecule is CNC1(CC#N)CCC1. The van der Waals surface area contributed by atoms with Crippen LogP contribution < -0.4 is 5.32 Å². The summed E-state index contributed by atoms with van der Waals surface area (Å²) in [6.45, 7) is 0. The summed E-state index contributed by atoms with van der Waals surface area (Å²) in [7, 11) is 1.94. The van der Waals surface area contributed by atoms with Gasteiger partial charge in [0.15, 0.2) is 0 Å². The van der Waals surface area contributed by atoms with Crippen molar-refractivity contribution in [1.82, 2.24) is 5.32 Å². The van der Waals surface area contributed by atoms with E-state index in [9.17, 15) is 0 Å². The Balaban J connectivity index is 2.39. The number of hydrogen-bond donors (Lipinski definition) is 1. The van der Waals surface area contributed by atoms with Crippen molar-refractivity contribution in [2.45, 2.75) is 31.2 Å². The summed E-state index contributed by atoms with van der Waals surface area (Å²) in [5, 5.41) is 11.6. The highest BCUT2D eigenvalue weighted by molar-refractivity contribution is 5.00. The van der Waals surface area contributed by atoms with Crippen LogP contribution in [0.3, 0.4) is 0 Å². The number of hydrogen-bond acceptors (Lipinski definition) is 2. The first-order valence-corrected chi connectivity index (χ1v) is 3.39. The smallest absolute Gasteiger partial charge is 0.0641 e. The van der Waals surface area contributed by atoms with E-state index in [-0.39, 0.29) is 5.54 Å². The molecule has 9 heavy (non-hydrogen) atoms. The lowest BCUT2D eigenvalue weighted by molar-refractivity contribution is 0.204. The van der Waals surface area contributed by atoms with Crippen LogP contribution in [-0.2, 0) is 0 Å². The van der Waals surface area contributed by atoms with E-state index >= 15 is 0 Å². The molecule has 0 aromatic heterocycles. The summed E-state index contributed by atoms with van der Waals surface area (Å²) in [5.74, 6) is 0. The minimum Gasteiger partial charge on any atom is -0.313 e. The Labute approximate surface area is 55.9 Å². The van der Waals surface area contributed by atoms with E-state index in [0.717, 1.165) is 0 Å². The lowest BCUT2D eigenvalue weighted by Crippen LogP contribution is -2.48. The van der Waals surface area contributed by atoms with E-state index in [0.29, 0.717) is 6.42 Å². The van der Waals surface area contributed by atoms with Crippen molar-refractivity contribution in [3.8, 4) is 6.07 Å². The van der Waals surface area contributed by atoms with Crippen LogP contribution in [0, 0.1) is 11.3 Å².